The monoisotopic (exact) mass is 460 g/mol. The fourth-order valence-electron chi connectivity index (χ4n) is 3.07. The molecule has 6 radical (unpaired) electrons. The molecule has 0 amide bonds. The van der Waals surface area contributed by atoms with Crippen molar-refractivity contribution >= 4 is 35.3 Å². The molecule has 0 aliphatic carbocycles. The summed E-state index contributed by atoms with van der Waals surface area (Å²) in [6.45, 7) is 2.29. The number of aliphatic hydroxyl groups is 8. The standard InChI is InChI=1S/C6H11BO4.C6H11BO3S.C5H9BO3/c2*1-6(10)4(9)3(2-8)11-5(6)7;6-5-4(8)1-3(2-7)9-5/h2*3-5,8-10H,2H2,1H3;3-5,7-8H,1-2H2/t2*3-,4-,5-,6-;3-,4+,5+/m110/s1. The molecule has 0 bridgehead atoms. The molecular weight excluding hydrogens is 429 g/mol. The minimum Gasteiger partial charge on any atom is -0.395 e. The van der Waals surface area contributed by atoms with Gasteiger partial charge in [-0.3, -0.25) is 0 Å². The van der Waals surface area contributed by atoms with E-state index in [1.807, 2.05) is 0 Å². The molecule has 3 fully saturated rings. The molecule has 3 aliphatic rings. The Kier molecular flexibility index (Phi) is 11.3. The molecule has 0 saturated carbocycles. The third kappa shape index (κ3) is 7.06. The highest BCUT2D eigenvalue weighted by Gasteiger charge is 2.49. The topological polar surface area (TPSA) is 180 Å². The Balaban J connectivity index is 0.000000234. The minimum atomic E-state index is -1.46. The lowest BCUT2D eigenvalue weighted by Gasteiger charge is -2.25. The summed E-state index contributed by atoms with van der Waals surface area (Å²) in [5.41, 5.74) is -2.74. The van der Waals surface area contributed by atoms with Gasteiger partial charge >= 0.3 is 0 Å². The number of ether oxygens (including phenoxy) is 2. The van der Waals surface area contributed by atoms with Crippen LogP contribution >= 0.6 is 11.8 Å². The average Bonchev–Trinajstić information content (AvgIpc) is 3.23. The van der Waals surface area contributed by atoms with Gasteiger partial charge in [0, 0.05) is 18.4 Å². The van der Waals surface area contributed by atoms with Crippen LogP contribution in [-0.4, -0.2) is 148 Å². The van der Waals surface area contributed by atoms with Gasteiger partial charge in [0.25, 0.3) is 0 Å². The van der Waals surface area contributed by atoms with Crippen molar-refractivity contribution in [3.8, 4) is 0 Å². The van der Waals surface area contributed by atoms with E-state index in [2.05, 4.69) is 0 Å². The first kappa shape index (κ1) is 29.2. The highest BCUT2D eigenvalue weighted by molar-refractivity contribution is 8.02. The van der Waals surface area contributed by atoms with Crippen LogP contribution in [-0.2, 0) is 9.47 Å². The van der Waals surface area contributed by atoms with E-state index in [9.17, 15) is 20.4 Å². The minimum absolute atomic E-state index is 0.0647. The first-order valence-electron chi connectivity index (χ1n) is 9.78. The highest BCUT2D eigenvalue weighted by Crippen LogP contribution is 2.39. The molecule has 8 N–H and O–H groups in total. The molecule has 3 saturated heterocycles. The van der Waals surface area contributed by atoms with Crippen molar-refractivity contribution in [2.75, 3.05) is 19.8 Å². The first-order chi connectivity index (χ1) is 14.2. The lowest BCUT2D eigenvalue weighted by Crippen LogP contribution is -2.45. The van der Waals surface area contributed by atoms with Crippen molar-refractivity contribution in [3.63, 3.8) is 0 Å². The lowest BCUT2D eigenvalue weighted by atomic mass is 9.82. The van der Waals surface area contributed by atoms with Gasteiger partial charge in [0.1, 0.15) is 33.5 Å². The molecular formula is C17H31B3O10S. The Morgan fingerprint density at radius 1 is 0.871 bits per heavy atom. The Morgan fingerprint density at radius 3 is 1.65 bits per heavy atom. The van der Waals surface area contributed by atoms with E-state index in [0.717, 1.165) is 0 Å². The second-order valence-corrected chi connectivity index (χ2v) is 9.49. The van der Waals surface area contributed by atoms with Crippen molar-refractivity contribution in [3.05, 3.63) is 0 Å². The molecule has 0 aromatic carbocycles. The smallest absolute Gasteiger partial charge is 0.113 e. The Labute approximate surface area is 190 Å². The zero-order valence-electron chi connectivity index (χ0n) is 17.6. The predicted octanol–water partition coefficient (Wildman–Crippen LogP) is -4.69. The van der Waals surface area contributed by atoms with Gasteiger partial charge in [-0.25, -0.2) is 0 Å². The molecule has 11 atom stereocenters. The van der Waals surface area contributed by atoms with Crippen molar-refractivity contribution < 1.29 is 50.3 Å². The van der Waals surface area contributed by atoms with Gasteiger partial charge in [0.05, 0.1) is 56.8 Å². The van der Waals surface area contributed by atoms with Crippen LogP contribution < -0.4 is 0 Å². The molecule has 0 unspecified atom stereocenters. The van der Waals surface area contributed by atoms with E-state index in [1.165, 1.54) is 25.6 Å². The third-order valence-corrected chi connectivity index (χ3v) is 7.02. The van der Waals surface area contributed by atoms with Crippen molar-refractivity contribution in [1.29, 1.82) is 0 Å². The molecule has 0 aromatic rings. The quantitative estimate of drug-likeness (QED) is 0.190. The molecule has 3 aliphatic heterocycles. The van der Waals surface area contributed by atoms with Crippen LogP contribution in [0.25, 0.3) is 0 Å². The van der Waals surface area contributed by atoms with Gasteiger partial charge < -0.3 is 50.3 Å². The van der Waals surface area contributed by atoms with Gasteiger partial charge in [-0.05, 0) is 19.0 Å². The lowest BCUT2D eigenvalue weighted by molar-refractivity contribution is -0.0467. The number of aliphatic hydroxyl groups excluding tert-OH is 6. The van der Waals surface area contributed by atoms with E-state index in [4.69, 9.17) is 53.4 Å². The van der Waals surface area contributed by atoms with Crippen LogP contribution in [0.15, 0.2) is 0 Å². The van der Waals surface area contributed by atoms with E-state index in [-0.39, 0.29) is 31.2 Å². The summed E-state index contributed by atoms with van der Waals surface area (Å²) < 4.78 is 9.77. The zero-order chi connectivity index (χ0) is 24.1. The Hall–Kier alpha value is 0.145. The molecule has 10 nitrogen and oxygen atoms in total. The summed E-state index contributed by atoms with van der Waals surface area (Å²) in [6, 6.07) is -1.54. The van der Waals surface area contributed by atoms with Crippen LogP contribution in [0.5, 0.6) is 0 Å². The number of thioether (sulfide) groups is 1. The molecule has 0 spiro atoms. The highest BCUT2D eigenvalue weighted by atomic mass is 32.2. The summed E-state index contributed by atoms with van der Waals surface area (Å²) in [7, 11) is 16.1. The Morgan fingerprint density at radius 2 is 1.45 bits per heavy atom. The van der Waals surface area contributed by atoms with E-state index in [0.29, 0.717) is 6.42 Å². The molecule has 14 heteroatoms. The number of rotatable bonds is 3. The molecule has 0 aromatic heterocycles. The van der Waals surface area contributed by atoms with Crippen molar-refractivity contribution in [2.45, 2.75) is 84.4 Å². The molecule has 31 heavy (non-hydrogen) atoms. The molecule has 174 valence electrons. The zero-order valence-corrected chi connectivity index (χ0v) is 18.4. The average molecular weight is 460 g/mol. The van der Waals surface area contributed by atoms with Gasteiger partial charge in [-0.15, -0.1) is 0 Å². The molecule has 3 heterocycles. The molecule has 3 rings (SSSR count). The van der Waals surface area contributed by atoms with Gasteiger partial charge in [-0.1, -0.05) is 0 Å². The van der Waals surface area contributed by atoms with Crippen LogP contribution in [0.3, 0.4) is 0 Å². The fraction of sp³-hybridized carbons (Fsp3) is 1.00. The van der Waals surface area contributed by atoms with Gasteiger partial charge in [0.15, 0.2) is 0 Å². The van der Waals surface area contributed by atoms with Crippen LogP contribution in [0.2, 0.25) is 0 Å². The number of hydrogen-bond acceptors (Lipinski definition) is 11. The largest absolute Gasteiger partial charge is 0.395 e. The summed E-state index contributed by atoms with van der Waals surface area (Å²) in [4.78, 5) is 0. The maximum Gasteiger partial charge on any atom is 0.113 e. The second kappa shape index (κ2) is 12.0. The van der Waals surface area contributed by atoms with Crippen LogP contribution in [0.4, 0.5) is 0 Å². The SMILES string of the molecule is [B][C@@H]1O[C@H](CO)C[C@H]1O.[B][C@@H]1O[C@H](CO)[C@@H](O)[C@@]1(C)O.[B][C@@H]1S[C@H](CO)[C@@H](O)[C@@]1(C)O. The van der Waals surface area contributed by atoms with E-state index >= 15 is 0 Å². The maximum absolute atomic E-state index is 9.53. The third-order valence-electron chi connectivity index (χ3n) is 5.49. The normalized spacial score (nSPS) is 49.2. The predicted molar refractivity (Wildman–Crippen MR) is 115 cm³/mol. The van der Waals surface area contributed by atoms with Gasteiger partial charge in [-0.2, -0.15) is 11.8 Å². The summed E-state index contributed by atoms with van der Waals surface area (Å²) >= 11 is 1.21. The fourth-order valence-corrected chi connectivity index (χ4v) is 4.37. The van der Waals surface area contributed by atoms with E-state index < -0.39 is 52.8 Å². The van der Waals surface area contributed by atoms with Gasteiger partial charge in [0.2, 0.25) is 0 Å². The summed E-state index contributed by atoms with van der Waals surface area (Å²) in [6.07, 6.45) is -3.27. The number of hydrogen-bond donors (Lipinski definition) is 8. The second-order valence-electron chi connectivity index (χ2n) is 8.11. The summed E-state index contributed by atoms with van der Waals surface area (Å²) in [5, 5.41) is 71.5. The van der Waals surface area contributed by atoms with Crippen molar-refractivity contribution in [1.82, 2.24) is 0 Å². The Bertz CT molecular complexity index is 502. The first-order valence-corrected chi connectivity index (χ1v) is 10.7. The van der Waals surface area contributed by atoms with Crippen LogP contribution in [0, 0.1) is 0 Å². The van der Waals surface area contributed by atoms with Crippen molar-refractivity contribution in [2.24, 2.45) is 0 Å². The summed E-state index contributed by atoms with van der Waals surface area (Å²) in [5.74, 6) is 0. The van der Waals surface area contributed by atoms with E-state index in [1.54, 1.807) is 0 Å². The van der Waals surface area contributed by atoms with Crippen LogP contribution in [0.1, 0.15) is 20.3 Å². The maximum atomic E-state index is 9.53.